The van der Waals surface area contributed by atoms with Gasteiger partial charge >= 0.3 is 0 Å². The van der Waals surface area contributed by atoms with Crippen molar-refractivity contribution in [2.24, 2.45) is 5.14 Å². The second-order valence-corrected chi connectivity index (χ2v) is 9.31. The second-order valence-electron chi connectivity index (χ2n) is 6.80. The number of primary sulfonamides is 1. The average Bonchev–Trinajstić information content (AvgIpc) is 3.27. The van der Waals surface area contributed by atoms with E-state index in [0.29, 0.717) is 26.0 Å². The molecule has 0 saturated heterocycles. The first kappa shape index (κ1) is 22.7. The third-order valence-corrected chi connectivity index (χ3v) is 6.23. The van der Waals surface area contributed by atoms with Gasteiger partial charge in [-0.2, -0.15) is 0 Å². The zero-order valence-electron chi connectivity index (χ0n) is 16.9. The van der Waals surface area contributed by atoms with Crippen LogP contribution in [-0.4, -0.2) is 27.5 Å². The third-order valence-electron chi connectivity index (χ3n) is 4.46. The Morgan fingerprint density at radius 1 is 1.03 bits per heavy atom. The molecule has 8 heteroatoms. The van der Waals surface area contributed by atoms with E-state index in [1.54, 1.807) is 29.5 Å². The Morgan fingerprint density at radius 2 is 1.84 bits per heavy atom. The lowest BCUT2D eigenvalue weighted by Crippen LogP contribution is -2.23. The topological polar surface area (TPSA) is 98.5 Å². The molecule has 162 valence electrons. The Kier molecular flexibility index (Phi) is 8.00. The lowest BCUT2D eigenvalue weighted by atomic mass is 10.1. The van der Waals surface area contributed by atoms with Crippen LogP contribution >= 0.6 is 11.3 Å². The van der Waals surface area contributed by atoms with E-state index in [0.717, 1.165) is 16.0 Å². The molecule has 1 heterocycles. The Balaban J connectivity index is 1.57. The van der Waals surface area contributed by atoms with Gasteiger partial charge in [-0.25, -0.2) is 13.6 Å². The zero-order valence-corrected chi connectivity index (χ0v) is 18.5. The van der Waals surface area contributed by atoms with Gasteiger partial charge in [-0.05, 0) is 47.2 Å². The number of nitrogens with one attached hydrogen (secondary N) is 1. The van der Waals surface area contributed by atoms with E-state index < -0.39 is 10.0 Å². The highest BCUT2D eigenvalue weighted by molar-refractivity contribution is 7.89. The average molecular weight is 457 g/mol. The molecule has 1 amide bonds. The highest BCUT2D eigenvalue weighted by Gasteiger charge is 2.16. The highest BCUT2D eigenvalue weighted by atomic mass is 32.2. The first-order chi connectivity index (χ1) is 14.9. The van der Waals surface area contributed by atoms with Crippen LogP contribution in [0.1, 0.15) is 16.0 Å². The summed E-state index contributed by atoms with van der Waals surface area (Å²) in [5.41, 5.74) is 1.84. The Labute approximate surface area is 186 Å². The molecule has 3 N–H and O–H groups in total. The van der Waals surface area contributed by atoms with Crippen LogP contribution in [0.3, 0.4) is 0 Å². The Bertz CT molecular complexity index is 1130. The molecule has 0 aliphatic heterocycles. The van der Waals surface area contributed by atoms with Gasteiger partial charge in [0, 0.05) is 23.9 Å². The molecule has 0 saturated carbocycles. The summed E-state index contributed by atoms with van der Waals surface area (Å²) in [7, 11) is -3.95. The van der Waals surface area contributed by atoms with Gasteiger partial charge in [-0.3, -0.25) is 4.79 Å². The van der Waals surface area contributed by atoms with Crippen molar-refractivity contribution in [1.29, 1.82) is 0 Å². The van der Waals surface area contributed by atoms with E-state index in [1.165, 1.54) is 12.1 Å². The molecule has 6 nitrogen and oxygen atoms in total. The molecule has 0 bridgehead atoms. The van der Waals surface area contributed by atoms with Crippen LogP contribution in [0.25, 0.3) is 6.08 Å². The normalized spacial score (nSPS) is 11.5. The fourth-order valence-electron chi connectivity index (χ4n) is 2.91. The number of hydrogen-bond donors (Lipinski definition) is 2. The monoisotopic (exact) mass is 456 g/mol. The summed E-state index contributed by atoms with van der Waals surface area (Å²) in [6.07, 6.45) is 4.34. The molecule has 0 radical (unpaired) electrons. The van der Waals surface area contributed by atoms with Gasteiger partial charge in [0.05, 0.1) is 6.61 Å². The van der Waals surface area contributed by atoms with Gasteiger partial charge in [0.15, 0.2) is 0 Å². The standard InChI is InChI=1S/C23H24N2O4S2/c24-31(27,28)22-17-19(12-14-25-23(26)11-9-20-7-4-16-30-20)8-10-21(22)29-15-13-18-5-2-1-3-6-18/h1-11,16-17H,12-15H2,(H,25,26)(H2,24,27,28). The molecule has 3 aromatic rings. The molecule has 0 spiro atoms. The number of carbonyl (C=O) groups is 1. The first-order valence-corrected chi connectivity index (χ1v) is 12.2. The van der Waals surface area contributed by atoms with Crippen molar-refractivity contribution in [1.82, 2.24) is 5.32 Å². The largest absolute Gasteiger partial charge is 0.492 e. The van der Waals surface area contributed by atoms with Crippen molar-refractivity contribution in [3.63, 3.8) is 0 Å². The van der Waals surface area contributed by atoms with Gasteiger partial charge in [0.25, 0.3) is 0 Å². The molecule has 3 rings (SSSR count). The number of hydrogen-bond acceptors (Lipinski definition) is 5. The quantitative estimate of drug-likeness (QED) is 0.457. The third kappa shape index (κ3) is 7.36. The van der Waals surface area contributed by atoms with Crippen molar-refractivity contribution in [3.8, 4) is 5.75 Å². The molecule has 0 fully saturated rings. The second kappa shape index (κ2) is 10.9. The van der Waals surface area contributed by atoms with Crippen molar-refractivity contribution in [2.45, 2.75) is 17.7 Å². The number of amides is 1. The number of rotatable bonds is 10. The fourth-order valence-corrected chi connectivity index (χ4v) is 4.25. The molecular weight excluding hydrogens is 432 g/mol. The minimum atomic E-state index is -3.95. The summed E-state index contributed by atoms with van der Waals surface area (Å²) < 4.78 is 29.8. The van der Waals surface area contributed by atoms with Crippen molar-refractivity contribution >= 4 is 33.3 Å². The van der Waals surface area contributed by atoms with E-state index >= 15 is 0 Å². The summed E-state index contributed by atoms with van der Waals surface area (Å²) in [6, 6.07) is 18.5. The molecule has 31 heavy (non-hydrogen) atoms. The summed E-state index contributed by atoms with van der Waals surface area (Å²) in [4.78, 5) is 12.9. The van der Waals surface area contributed by atoms with Crippen molar-refractivity contribution in [2.75, 3.05) is 13.2 Å². The molecule has 0 aliphatic rings. The van der Waals surface area contributed by atoms with Crippen LogP contribution in [0.15, 0.2) is 77.0 Å². The fraction of sp³-hybridized carbons (Fsp3) is 0.174. The summed E-state index contributed by atoms with van der Waals surface area (Å²) in [5, 5.41) is 10.1. The molecule has 2 aromatic carbocycles. The summed E-state index contributed by atoms with van der Waals surface area (Å²) >= 11 is 1.55. The van der Waals surface area contributed by atoms with Gasteiger partial charge < -0.3 is 10.1 Å². The van der Waals surface area contributed by atoms with Gasteiger partial charge in [0.2, 0.25) is 15.9 Å². The maximum atomic E-state index is 12.0. The minimum absolute atomic E-state index is 0.0537. The maximum Gasteiger partial charge on any atom is 0.244 e. The van der Waals surface area contributed by atoms with E-state index in [9.17, 15) is 13.2 Å². The Morgan fingerprint density at radius 3 is 2.55 bits per heavy atom. The SMILES string of the molecule is NS(=O)(=O)c1cc(CCNC(=O)C=Cc2cccs2)ccc1OCCc1ccccc1. The maximum absolute atomic E-state index is 12.0. The predicted octanol–water partition coefficient (Wildman–Crippen LogP) is 3.39. The van der Waals surface area contributed by atoms with Crippen molar-refractivity contribution < 1.29 is 17.9 Å². The summed E-state index contributed by atoms with van der Waals surface area (Å²) in [5.74, 6) is 0.0195. The lowest BCUT2D eigenvalue weighted by molar-refractivity contribution is -0.116. The van der Waals surface area contributed by atoms with E-state index in [-0.39, 0.29) is 16.6 Å². The van der Waals surface area contributed by atoms with Crippen LogP contribution in [0.4, 0.5) is 0 Å². The molecular formula is C23H24N2O4S2. The van der Waals surface area contributed by atoms with E-state index in [2.05, 4.69) is 5.32 Å². The van der Waals surface area contributed by atoms with Gasteiger partial charge in [-0.15, -0.1) is 11.3 Å². The Hall–Kier alpha value is -2.94. The highest BCUT2D eigenvalue weighted by Crippen LogP contribution is 2.24. The van der Waals surface area contributed by atoms with Crippen LogP contribution in [0.5, 0.6) is 5.75 Å². The van der Waals surface area contributed by atoms with Crippen LogP contribution in [-0.2, 0) is 27.7 Å². The first-order valence-electron chi connectivity index (χ1n) is 9.74. The van der Waals surface area contributed by atoms with Crippen LogP contribution < -0.4 is 15.2 Å². The minimum Gasteiger partial charge on any atom is -0.492 e. The molecule has 0 atom stereocenters. The van der Waals surface area contributed by atoms with E-state index in [1.807, 2.05) is 47.8 Å². The number of benzene rings is 2. The number of carbonyl (C=O) groups excluding carboxylic acids is 1. The zero-order chi connectivity index (χ0) is 22.1. The van der Waals surface area contributed by atoms with Crippen LogP contribution in [0, 0.1) is 0 Å². The molecule has 0 unspecified atom stereocenters. The smallest absolute Gasteiger partial charge is 0.244 e. The summed E-state index contributed by atoms with van der Waals surface area (Å²) in [6.45, 7) is 0.699. The van der Waals surface area contributed by atoms with Crippen LogP contribution in [0.2, 0.25) is 0 Å². The number of thiophene rings is 1. The number of ether oxygens (including phenoxy) is 1. The predicted molar refractivity (Wildman–Crippen MR) is 124 cm³/mol. The number of nitrogens with two attached hydrogens (primary N) is 1. The van der Waals surface area contributed by atoms with E-state index in [4.69, 9.17) is 9.88 Å². The molecule has 0 aliphatic carbocycles. The lowest BCUT2D eigenvalue weighted by Gasteiger charge is -2.12. The van der Waals surface area contributed by atoms with Gasteiger partial charge in [-0.1, -0.05) is 42.5 Å². The number of sulfonamides is 1. The van der Waals surface area contributed by atoms with Crippen molar-refractivity contribution in [3.05, 3.63) is 88.1 Å². The molecule has 1 aromatic heterocycles. The van der Waals surface area contributed by atoms with Gasteiger partial charge in [0.1, 0.15) is 10.6 Å².